The second kappa shape index (κ2) is 6.26. The number of carbonyl (C=O) groups excluding carboxylic acids is 1. The highest BCUT2D eigenvalue weighted by atomic mass is 35.5. The zero-order chi connectivity index (χ0) is 15.7. The maximum Gasteiger partial charge on any atom is 0.234 e. The van der Waals surface area contributed by atoms with Gasteiger partial charge in [-0.15, -0.1) is 11.8 Å². The Morgan fingerprint density at radius 3 is 2.77 bits per heavy atom. The molecule has 0 saturated carbocycles. The number of rotatable bonds is 3. The van der Waals surface area contributed by atoms with E-state index >= 15 is 0 Å². The molecule has 1 fully saturated rings. The van der Waals surface area contributed by atoms with E-state index < -0.39 is 11.6 Å². The van der Waals surface area contributed by atoms with E-state index in [4.69, 9.17) is 11.6 Å². The van der Waals surface area contributed by atoms with Gasteiger partial charge >= 0.3 is 0 Å². The third-order valence-corrected chi connectivity index (χ3v) is 4.95. The van der Waals surface area contributed by atoms with Crippen molar-refractivity contribution in [2.45, 2.75) is 11.9 Å². The van der Waals surface area contributed by atoms with Gasteiger partial charge in [-0.05, 0) is 23.8 Å². The van der Waals surface area contributed by atoms with Gasteiger partial charge in [0.1, 0.15) is 17.0 Å². The number of hydrogen-bond acceptors (Lipinski definition) is 2. The first-order valence-electron chi connectivity index (χ1n) is 6.65. The summed E-state index contributed by atoms with van der Waals surface area (Å²) in [7, 11) is 0. The van der Waals surface area contributed by atoms with Crippen molar-refractivity contribution in [3.63, 3.8) is 0 Å². The van der Waals surface area contributed by atoms with E-state index in [1.807, 2.05) is 12.1 Å². The first kappa shape index (κ1) is 15.3. The molecule has 1 heterocycles. The van der Waals surface area contributed by atoms with Crippen LogP contribution in [0.5, 0.6) is 0 Å². The molecule has 0 aliphatic carbocycles. The molecule has 22 heavy (non-hydrogen) atoms. The minimum absolute atomic E-state index is 0.0706. The summed E-state index contributed by atoms with van der Waals surface area (Å²) in [5.74, 6) is -1.01. The number of thioether (sulfide) groups is 1. The van der Waals surface area contributed by atoms with Crippen molar-refractivity contribution in [2.75, 3.05) is 5.75 Å². The molecule has 1 saturated heterocycles. The molecule has 3 rings (SSSR count). The highest BCUT2D eigenvalue weighted by Crippen LogP contribution is 2.40. The predicted octanol–water partition coefficient (Wildman–Crippen LogP) is 4.39. The van der Waals surface area contributed by atoms with E-state index in [0.717, 1.165) is 11.6 Å². The monoisotopic (exact) mass is 339 g/mol. The van der Waals surface area contributed by atoms with Gasteiger partial charge in [-0.25, -0.2) is 8.78 Å². The second-order valence-corrected chi connectivity index (χ2v) is 6.48. The van der Waals surface area contributed by atoms with E-state index in [0.29, 0.717) is 16.3 Å². The van der Waals surface area contributed by atoms with Gasteiger partial charge in [0, 0.05) is 23.2 Å². The summed E-state index contributed by atoms with van der Waals surface area (Å²) in [5.41, 5.74) is 1.19. The first-order chi connectivity index (χ1) is 10.5. The standard InChI is InChI=1S/C16H12ClF2NOS/c17-12-3-1-2-10(6-12)16-20(15(21)9-22-16)8-11-4-5-13(18)7-14(11)19/h1-7,16H,8-9H2. The average Bonchev–Trinajstić information content (AvgIpc) is 2.83. The van der Waals surface area contributed by atoms with Crippen LogP contribution in [0.25, 0.3) is 0 Å². The molecule has 0 spiro atoms. The third kappa shape index (κ3) is 3.10. The quantitative estimate of drug-likeness (QED) is 0.826. The Balaban J connectivity index is 1.88. The number of carbonyl (C=O) groups is 1. The lowest BCUT2D eigenvalue weighted by Gasteiger charge is -2.24. The first-order valence-corrected chi connectivity index (χ1v) is 8.08. The predicted molar refractivity (Wildman–Crippen MR) is 83.6 cm³/mol. The fourth-order valence-corrected chi connectivity index (χ4v) is 3.77. The van der Waals surface area contributed by atoms with Crippen LogP contribution in [0.2, 0.25) is 5.02 Å². The molecule has 0 aromatic heterocycles. The summed E-state index contributed by atoms with van der Waals surface area (Å²) in [6.07, 6.45) is 0. The van der Waals surface area contributed by atoms with Crippen LogP contribution < -0.4 is 0 Å². The molecule has 0 N–H and O–H groups in total. The minimum atomic E-state index is -0.644. The van der Waals surface area contributed by atoms with E-state index in [2.05, 4.69) is 0 Å². The maximum atomic E-state index is 13.8. The zero-order valence-corrected chi connectivity index (χ0v) is 13.0. The number of halogens is 3. The van der Waals surface area contributed by atoms with Gasteiger partial charge < -0.3 is 4.90 Å². The van der Waals surface area contributed by atoms with Crippen molar-refractivity contribution >= 4 is 29.3 Å². The van der Waals surface area contributed by atoms with Gasteiger partial charge in [-0.2, -0.15) is 0 Å². The van der Waals surface area contributed by atoms with Crippen LogP contribution in [0.4, 0.5) is 8.78 Å². The van der Waals surface area contributed by atoms with Crippen LogP contribution in [0.1, 0.15) is 16.5 Å². The van der Waals surface area contributed by atoms with Gasteiger partial charge in [-0.1, -0.05) is 29.8 Å². The lowest BCUT2D eigenvalue weighted by molar-refractivity contribution is -0.128. The minimum Gasteiger partial charge on any atom is -0.321 e. The number of benzene rings is 2. The molecule has 6 heteroatoms. The van der Waals surface area contributed by atoms with Crippen LogP contribution >= 0.6 is 23.4 Å². The van der Waals surface area contributed by atoms with Gasteiger partial charge in [0.15, 0.2) is 0 Å². The zero-order valence-electron chi connectivity index (χ0n) is 11.4. The normalized spacial score (nSPS) is 18.0. The van der Waals surface area contributed by atoms with Crippen LogP contribution in [0, 0.1) is 11.6 Å². The summed E-state index contributed by atoms with van der Waals surface area (Å²) in [6, 6.07) is 10.7. The highest BCUT2D eigenvalue weighted by Gasteiger charge is 2.33. The largest absolute Gasteiger partial charge is 0.321 e. The van der Waals surface area contributed by atoms with Gasteiger partial charge in [0.25, 0.3) is 0 Å². The Labute approximate surface area is 136 Å². The highest BCUT2D eigenvalue weighted by molar-refractivity contribution is 8.00. The van der Waals surface area contributed by atoms with Crippen LogP contribution in [0.15, 0.2) is 42.5 Å². The Morgan fingerprint density at radius 2 is 2.05 bits per heavy atom. The summed E-state index contributed by atoms with van der Waals surface area (Å²) >= 11 is 7.47. The Bertz CT molecular complexity index is 725. The number of hydrogen-bond donors (Lipinski definition) is 0. The topological polar surface area (TPSA) is 20.3 Å². The Morgan fingerprint density at radius 1 is 1.23 bits per heavy atom. The van der Waals surface area contributed by atoms with Gasteiger partial charge in [0.2, 0.25) is 5.91 Å². The summed E-state index contributed by atoms with van der Waals surface area (Å²) < 4.78 is 26.8. The van der Waals surface area contributed by atoms with E-state index in [-0.39, 0.29) is 17.8 Å². The maximum absolute atomic E-state index is 13.8. The number of amides is 1. The summed E-state index contributed by atoms with van der Waals surface area (Å²) in [5, 5.41) is 0.376. The molecule has 1 atom stereocenters. The smallest absolute Gasteiger partial charge is 0.234 e. The van der Waals surface area contributed by atoms with E-state index in [1.165, 1.54) is 23.9 Å². The van der Waals surface area contributed by atoms with Crippen LogP contribution in [-0.2, 0) is 11.3 Å². The molecule has 2 aromatic rings. The van der Waals surface area contributed by atoms with Crippen molar-refractivity contribution in [3.05, 3.63) is 70.2 Å². The molecule has 0 bridgehead atoms. The Kier molecular flexibility index (Phi) is 4.36. The fraction of sp³-hybridized carbons (Fsp3) is 0.188. The molecule has 1 aliphatic heterocycles. The Hall–Kier alpha value is -1.59. The van der Waals surface area contributed by atoms with E-state index in [1.54, 1.807) is 17.0 Å². The fourth-order valence-electron chi connectivity index (χ4n) is 2.39. The van der Waals surface area contributed by atoms with Crippen molar-refractivity contribution in [1.82, 2.24) is 4.90 Å². The van der Waals surface area contributed by atoms with Gasteiger partial charge in [0.05, 0.1) is 5.75 Å². The van der Waals surface area contributed by atoms with E-state index in [9.17, 15) is 13.6 Å². The van der Waals surface area contributed by atoms with Crippen LogP contribution in [0.3, 0.4) is 0 Å². The average molecular weight is 340 g/mol. The molecule has 1 aliphatic rings. The molecule has 2 aromatic carbocycles. The molecule has 1 amide bonds. The van der Waals surface area contributed by atoms with Crippen molar-refractivity contribution in [2.24, 2.45) is 0 Å². The van der Waals surface area contributed by atoms with Crippen molar-refractivity contribution < 1.29 is 13.6 Å². The molecular weight excluding hydrogens is 328 g/mol. The SMILES string of the molecule is O=C1CSC(c2cccc(Cl)c2)N1Cc1ccc(F)cc1F. The van der Waals surface area contributed by atoms with Gasteiger partial charge in [-0.3, -0.25) is 4.79 Å². The lowest BCUT2D eigenvalue weighted by Crippen LogP contribution is -2.28. The third-order valence-electron chi connectivity index (χ3n) is 3.46. The van der Waals surface area contributed by atoms with Crippen molar-refractivity contribution in [3.8, 4) is 0 Å². The lowest BCUT2D eigenvalue weighted by atomic mass is 10.1. The molecule has 0 radical (unpaired) electrons. The molecular formula is C16H12ClF2NOS. The summed E-state index contributed by atoms with van der Waals surface area (Å²) in [6.45, 7) is 0.106. The summed E-state index contributed by atoms with van der Waals surface area (Å²) in [4.78, 5) is 13.7. The second-order valence-electron chi connectivity index (χ2n) is 4.98. The van der Waals surface area contributed by atoms with Crippen LogP contribution in [-0.4, -0.2) is 16.6 Å². The number of nitrogens with zero attached hydrogens (tertiary/aromatic N) is 1. The molecule has 1 unspecified atom stereocenters. The molecule has 114 valence electrons. The molecule has 2 nitrogen and oxygen atoms in total. The van der Waals surface area contributed by atoms with Crippen molar-refractivity contribution in [1.29, 1.82) is 0 Å².